The van der Waals surface area contributed by atoms with Gasteiger partial charge in [-0.15, -0.1) is 0 Å². The predicted molar refractivity (Wildman–Crippen MR) is 227 cm³/mol. The Labute approximate surface area is 316 Å². The van der Waals surface area contributed by atoms with Gasteiger partial charge in [0, 0.05) is 95.8 Å². The number of hydrogen-bond donors (Lipinski definition) is 6. The van der Waals surface area contributed by atoms with E-state index in [2.05, 4.69) is 123 Å². The van der Waals surface area contributed by atoms with E-state index in [9.17, 15) is 0 Å². The monoisotopic (exact) mass is 712 g/mol. The quantitative estimate of drug-likeness (QED) is 0.0324. The summed E-state index contributed by atoms with van der Waals surface area (Å²) >= 11 is 0. The van der Waals surface area contributed by atoms with Gasteiger partial charge in [-0.1, -0.05) is 60.7 Å². The molecule has 0 spiro atoms. The molecule has 2 aromatic heterocycles. The van der Waals surface area contributed by atoms with Gasteiger partial charge < -0.3 is 33.6 Å². The van der Waals surface area contributed by atoms with Crippen molar-refractivity contribution < 1.29 is 9.13 Å². The summed E-state index contributed by atoms with van der Waals surface area (Å²) in [6, 6.07) is 43.7. The van der Waals surface area contributed by atoms with Crippen molar-refractivity contribution in [1.29, 1.82) is 0 Å². The molecule has 0 radical (unpaired) electrons. The molecule has 8 rings (SSSR count). The number of nitrogen functional groups attached to an aromatic ring is 4. The van der Waals surface area contributed by atoms with Crippen LogP contribution in [0.1, 0.15) is 12.8 Å². The lowest BCUT2D eigenvalue weighted by atomic mass is 9.95. The molecule has 8 heteroatoms. The van der Waals surface area contributed by atoms with E-state index in [0.717, 1.165) is 119 Å². The lowest BCUT2D eigenvalue weighted by Gasteiger charge is -2.14. The third-order valence-corrected chi connectivity index (χ3v) is 10.4. The fourth-order valence-corrected chi connectivity index (χ4v) is 7.92. The highest BCUT2D eigenvalue weighted by molar-refractivity contribution is 6.12. The van der Waals surface area contributed by atoms with Gasteiger partial charge in [0.05, 0.1) is 21.5 Å². The molecular formula is C46H48N8+2. The van der Waals surface area contributed by atoms with Crippen molar-refractivity contribution in [3.05, 3.63) is 134 Å². The number of nitrogens with two attached hydrogens (primary N) is 4. The average molecular weight is 713 g/mol. The molecule has 0 aliphatic carbocycles. The molecule has 54 heavy (non-hydrogen) atoms. The van der Waals surface area contributed by atoms with E-state index >= 15 is 0 Å². The Morgan fingerprint density at radius 2 is 0.981 bits per heavy atom. The van der Waals surface area contributed by atoms with E-state index in [1.807, 2.05) is 30.3 Å². The molecule has 10 N–H and O–H groups in total. The molecule has 8 aromatic rings. The van der Waals surface area contributed by atoms with Crippen LogP contribution in [0, 0.1) is 0 Å². The number of nitrogens with zero attached hydrogens (tertiary/aromatic N) is 2. The first-order valence-corrected chi connectivity index (χ1v) is 18.9. The Balaban J connectivity index is 0.910. The van der Waals surface area contributed by atoms with E-state index in [1.54, 1.807) is 0 Å². The first-order valence-electron chi connectivity index (χ1n) is 18.9. The highest BCUT2D eigenvalue weighted by atomic mass is 15.0. The fourth-order valence-electron chi connectivity index (χ4n) is 7.92. The molecule has 0 bridgehead atoms. The number of anilines is 4. The minimum Gasteiger partial charge on any atom is -0.399 e. The molecule has 2 heterocycles. The maximum atomic E-state index is 6.59. The first-order chi connectivity index (χ1) is 26.5. The topological polar surface area (TPSA) is 136 Å². The number of rotatable bonds is 13. The van der Waals surface area contributed by atoms with Gasteiger partial charge in [0.2, 0.25) is 16.7 Å². The highest BCUT2D eigenvalue weighted by Crippen LogP contribution is 2.37. The predicted octanol–water partition coefficient (Wildman–Crippen LogP) is 7.20. The fraction of sp³-hybridized carbons (Fsp3) is 0.174. The van der Waals surface area contributed by atoms with Crippen molar-refractivity contribution in [2.45, 2.75) is 25.9 Å². The SMILES string of the molecule is Nc1ccc2c(c1)c(-c1ccccc1)[n+](CCCNCCNCCC[n+]1cc3c(-c4ccccc4)c(N)ccc3c3ccc(N)cc31)c1cc(N)ccc21. The molecule has 0 aliphatic rings. The first kappa shape index (κ1) is 34.8. The number of nitrogens with one attached hydrogen (secondary N) is 2. The van der Waals surface area contributed by atoms with Crippen molar-refractivity contribution in [3.8, 4) is 22.4 Å². The van der Waals surface area contributed by atoms with Gasteiger partial charge in [0.15, 0.2) is 12.7 Å². The number of hydrogen-bond acceptors (Lipinski definition) is 6. The van der Waals surface area contributed by atoms with Crippen LogP contribution in [-0.2, 0) is 13.1 Å². The Bertz CT molecular complexity index is 2600. The second-order valence-corrected chi connectivity index (χ2v) is 14.1. The van der Waals surface area contributed by atoms with Crippen LogP contribution in [0.2, 0.25) is 0 Å². The van der Waals surface area contributed by atoms with E-state index in [-0.39, 0.29) is 0 Å². The number of aromatic nitrogens is 2. The van der Waals surface area contributed by atoms with Gasteiger partial charge in [-0.2, -0.15) is 9.13 Å². The summed E-state index contributed by atoms with van der Waals surface area (Å²) in [5.74, 6) is 0. The molecule has 0 fully saturated rings. The van der Waals surface area contributed by atoms with Crippen molar-refractivity contribution in [1.82, 2.24) is 10.6 Å². The number of aryl methyl sites for hydroxylation is 2. The maximum absolute atomic E-state index is 6.59. The molecule has 0 unspecified atom stereocenters. The maximum Gasteiger partial charge on any atom is 0.220 e. The van der Waals surface area contributed by atoms with Gasteiger partial charge in [-0.25, -0.2) is 0 Å². The van der Waals surface area contributed by atoms with Crippen LogP contribution in [0.25, 0.3) is 65.7 Å². The Morgan fingerprint density at radius 3 is 1.67 bits per heavy atom. The van der Waals surface area contributed by atoms with Gasteiger partial charge in [-0.3, -0.25) is 0 Å². The molecule has 270 valence electrons. The second-order valence-electron chi connectivity index (χ2n) is 14.1. The molecule has 0 aliphatic heterocycles. The smallest absolute Gasteiger partial charge is 0.220 e. The van der Waals surface area contributed by atoms with Gasteiger partial charge in [0.1, 0.15) is 6.54 Å². The van der Waals surface area contributed by atoms with E-state index in [4.69, 9.17) is 22.9 Å². The van der Waals surface area contributed by atoms with Crippen molar-refractivity contribution >= 4 is 66.1 Å². The number of fused-ring (bicyclic) bond motifs is 6. The second kappa shape index (κ2) is 15.4. The Hall–Kier alpha value is -6.22. The Morgan fingerprint density at radius 1 is 0.444 bits per heavy atom. The average Bonchev–Trinajstić information content (AvgIpc) is 3.19. The standard InChI is InChI=1S/C46H46N8/c47-33-13-16-36-39-18-15-35(49)29-44(39)54(46(40(36)27-33)32-11-5-2-6-12-32)26-8-22-52-24-23-51-21-7-25-53-30-41-37(38-17-14-34(48)28-43(38)53)19-20-42(50)45(41)31-9-3-1-4-10-31/h1-6,9-20,27-30,48-49,51-52H,7-8,21-26,47,50H2/p+2. The molecule has 0 atom stereocenters. The summed E-state index contributed by atoms with van der Waals surface area (Å²) in [5, 5.41) is 14.3. The third kappa shape index (κ3) is 6.97. The third-order valence-electron chi connectivity index (χ3n) is 10.4. The van der Waals surface area contributed by atoms with Gasteiger partial charge in [-0.05, 0) is 60.2 Å². The molecule has 0 amide bonds. The summed E-state index contributed by atoms with van der Waals surface area (Å²) in [4.78, 5) is 0. The lowest BCUT2D eigenvalue weighted by Crippen LogP contribution is -2.39. The van der Waals surface area contributed by atoms with Gasteiger partial charge >= 0.3 is 0 Å². The minimum absolute atomic E-state index is 0.756. The van der Waals surface area contributed by atoms with Crippen LogP contribution in [-0.4, -0.2) is 26.2 Å². The summed E-state index contributed by atoms with van der Waals surface area (Å²) in [7, 11) is 0. The largest absolute Gasteiger partial charge is 0.399 e. The van der Waals surface area contributed by atoms with Crippen molar-refractivity contribution in [2.75, 3.05) is 49.1 Å². The molecule has 0 saturated heterocycles. The zero-order chi connectivity index (χ0) is 37.0. The summed E-state index contributed by atoms with van der Waals surface area (Å²) in [6.45, 7) is 5.28. The van der Waals surface area contributed by atoms with Gasteiger partial charge in [0.25, 0.3) is 0 Å². The molecule has 0 saturated carbocycles. The van der Waals surface area contributed by atoms with E-state index in [1.165, 1.54) is 21.5 Å². The summed E-state index contributed by atoms with van der Waals surface area (Å²) < 4.78 is 4.75. The summed E-state index contributed by atoms with van der Waals surface area (Å²) in [5.41, 5.74) is 35.4. The molecule has 8 nitrogen and oxygen atoms in total. The van der Waals surface area contributed by atoms with Crippen LogP contribution in [0.4, 0.5) is 22.7 Å². The zero-order valence-corrected chi connectivity index (χ0v) is 30.6. The highest BCUT2D eigenvalue weighted by Gasteiger charge is 2.24. The molecular weight excluding hydrogens is 665 g/mol. The van der Waals surface area contributed by atoms with Crippen LogP contribution < -0.4 is 42.7 Å². The van der Waals surface area contributed by atoms with Crippen LogP contribution in [0.3, 0.4) is 0 Å². The normalized spacial score (nSPS) is 11.6. The van der Waals surface area contributed by atoms with E-state index in [0.29, 0.717) is 0 Å². The van der Waals surface area contributed by atoms with Crippen molar-refractivity contribution in [3.63, 3.8) is 0 Å². The van der Waals surface area contributed by atoms with Crippen LogP contribution >= 0.6 is 0 Å². The van der Waals surface area contributed by atoms with Crippen LogP contribution in [0.5, 0.6) is 0 Å². The van der Waals surface area contributed by atoms with Crippen molar-refractivity contribution in [2.24, 2.45) is 0 Å². The number of pyridine rings is 2. The summed E-state index contributed by atoms with van der Waals surface area (Å²) in [6.07, 6.45) is 4.19. The zero-order valence-electron chi connectivity index (χ0n) is 30.6. The molecule has 6 aromatic carbocycles. The number of benzene rings is 6. The Kier molecular flexibility index (Phi) is 9.94. The minimum atomic E-state index is 0.756. The lowest BCUT2D eigenvalue weighted by molar-refractivity contribution is -0.670. The van der Waals surface area contributed by atoms with Crippen LogP contribution in [0.15, 0.2) is 134 Å². The van der Waals surface area contributed by atoms with E-state index < -0.39 is 0 Å².